The van der Waals surface area contributed by atoms with Gasteiger partial charge in [-0.2, -0.15) is 0 Å². The summed E-state index contributed by atoms with van der Waals surface area (Å²) in [6.45, 7) is 2.38. The lowest BCUT2D eigenvalue weighted by Crippen LogP contribution is -2.44. The molecule has 0 spiro atoms. The van der Waals surface area contributed by atoms with E-state index in [-0.39, 0.29) is 18.7 Å². The minimum Gasteiger partial charge on any atom is -0.467 e. The van der Waals surface area contributed by atoms with Gasteiger partial charge in [-0.15, -0.1) is 0 Å². The third-order valence-electron chi connectivity index (χ3n) is 3.41. The van der Waals surface area contributed by atoms with Crippen molar-refractivity contribution in [3.63, 3.8) is 0 Å². The SMILES string of the molecule is O=C(NCCCOCc1ccco1)N1CCC[C@H]1CO. The van der Waals surface area contributed by atoms with E-state index in [0.29, 0.717) is 19.8 Å². The molecule has 0 aliphatic carbocycles. The highest BCUT2D eigenvalue weighted by Crippen LogP contribution is 2.16. The zero-order valence-electron chi connectivity index (χ0n) is 11.6. The molecule has 1 saturated heterocycles. The molecule has 6 nitrogen and oxygen atoms in total. The van der Waals surface area contributed by atoms with E-state index in [1.807, 2.05) is 12.1 Å². The van der Waals surface area contributed by atoms with Crippen LogP contribution >= 0.6 is 0 Å². The molecule has 2 amide bonds. The van der Waals surface area contributed by atoms with Crippen LogP contribution in [0.25, 0.3) is 0 Å². The first-order chi connectivity index (χ1) is 9.81. The molecule has 1 aromatic rings. The number of furan rings is 1. The monoisotopic (exact) mass is 282 g/mol. The lowest BCUT2D eigenvalue weighted by molar-refractivity contribution is 0.103. The van der Waals surface area contributed by atoms with Gasteiger partial charge in [-0.25, -0.2) is 4.79 Å². The van der Waals surface area contributed by atoms with E-state index < -0.39 is 0 Å². The van der Waals surface area contributed by atoms with Gasteiger partial charge in [0.25, 0.3) is 0 Å². The first kappa shape index (κ1) is 14.9. The molecule has 20 heavy (non-hydrogen) atoms. The highest BCUT2D eigenvalue weighted by atomic mass is 16.5. The maximum Gasteiger partial charge on any atom is 0.317 e. The number of nitrogens with zero attached hydrogens (tertiary/aromatic N) is 1. The fraction of sp³-hybridized carbons (Fsp3) is 0.643. The Bertz CT molecular complexity index is 394. The molecule has 2 rings (SSSR count). The predicted octanol–water partition coefficient (Wildman–Crippen LogP) is 1.35. The van der Waals surface area contributed by atoms with E-state index in [9.17, 15) is 4.79 Å². The van der Waals surface area contributed by atoms with Crippen molar-refractivity contribution in [3.8, 4) is 0 Å². The third kappa shape index (κ3) is 4.25. The fourth-order valence-electron chi connectivity index (χ4n) is 2.33. The zero-order chi connectivity index (χ0) is 14.2. The summed E-state index contributed by atoms with van der Waals surface area (Å²) >= 11 is 0. The highest BCUT2D eigenvalue weighted by Gasteiger charge is 2.27. The van der Waals surface area contributed by atoms with Crippen LogP contribution in [0.3, 0.4) is 0 Å². The number of aliphatic hydroxyl groups excluding tert-OH is 1. The number of aliphatic hydroxyl groups is 1. The molecule has 1 fully saturated rings. The van der Waals surface area contributed by atoms with Crippen molar-refractivity contribution in [2.75, 3.05) is 26.3 Å². The maximum absolute atomic E-state index is 11.9. The number of ether oxygens (including phenoxy) is 1. The van der Waals surface area contributed by atoms with E-state index in [1.54, 1.807) is 11.2 Å². The smallest absolute Gasteiger partial charge is 0.317 e. The number of likely N-dealkylation sites (tertiary alicyclic amines) is 1. The normalized spacial score (nSPS) is 18.4. The van der Waals surface area contributed by atoms with E-state index in [4.69, 9.17) is 14.3 Å². The Balaban J connectivity index is 1.53. The number of amides is 2. The summed E-state index contributed by atoms with van der Waals surface area (Å²) in [7, 11) is 0. The topological polar surface area (TPSA) is 74.9 Å². The van der Waals surface area contributed by atoms with Crippen LogP contribution in [-0.2, 0) is 11.3 Å². The van der Waals surface area contributed by atoms with Gasteiger partial charge in [-0.05, 0) is 31.4 Å². The average Bonchev–Trinajstić information content (AvgIpc) is 3.12. The molecule has 2 heterocycles. The Hall–Kier alpha value is -1.53. The number of nitrogens with one attached hydrogen (secondary N) is 1. The number of urea groups is 1. The fourth-order valence-corrected chi connectivity index (χ4v) is 2.33. The molecular formula is C14H22N2O4. The Kier molecular flexibility index (Phi) is 5.88. The van der Waals surface area contributed by atoms with Gasteiger partial charge in [0.2, 0.25) is 0 Å². The van der Waals surface area contributed by atoms with Gasteiger partial charge in [-0.3, -0.25) is 0 Å². The summed E-state index contributed by atoms with van der Waals surface area (Å²) in [5.74, 6) is 0.803. The second kappa shape index (κ2) is 7.91. The van der Waals surface area contributed by atoms with E-state index in [1.165, 1.54) is 0 Å². The number of rotatable bonds is 7. The van der Waals surface area contributed by atoms with Crippen LogP contribution in [0.1, 0.15) is 25.0 Å². The van der Waals surface area contributed by atoms with Crippen molar-refractivity contribution in [1.29, 1.82) is 0 Å². The summed E-state index contributed by atoms with van der Waals surface area (Å²) in [5.41, 5.74) is 0. The first-order valence-corrected chi connectivity index (χ1v) is 7.06. The Morgan fingerprint density at radius 1 is 1.60 bits per heavy atom. The van der Waals surface area contributed by atoms with Crippen LogP contribution in [0.2, 0.25) is 0 Å². The molecule has 1 atom stereocenters. The number of hydrogen-bond acceptors (Lipinski definition) is 4. The standard InChI is InChI=1S/C14H22N2O4/c17-10-12-4-1-7-16(12)14(18)15-6-3-8-19-11-13-5-2-9-20-13/h2,5,9,12,17H,1,3-4,6-8,10-11H2,(H,15,18)/t12-/m0/s1. The second-order valence-corrected chi connectivity index (χ2v) is 4.89. The minimum absolute atomic E-state index is 0.0230. The Labute approximate surface area is 118 Å². The van der Waals surface area contributed by atoms with Gasteiger partial charge in [0.1, 0.15) is 12.4 Å². The lowest BCUT2D eigenvalue weighted by Gasteiger charge is -2.23. The van der Waals surface area contributed by atoms with Gasteiger partial charge in [-0.1, -0.05) is 0 Å². The van der Waals surface area contributed by atoms with Crippen LogP contribution < -0.4 is 5.32 Å². The van der Waals surface area contributed by atoms with E-state index in [2.05, 4.69) is 5.32 Å². The number of hydrogen-bond donors (Lipinski definition) is 2. The van der Waals surface area contributed by atoms with Gasteiger partial charge in [0.05, 0.1) is 18.9 Å². The van der Waals surface area contributed by atoms with Crippen LogP contribution in [0, 0.1) is 0 Å². The molecule has 6 heteroatoms. The highest BCUT2D eigenvalue weighted by molar-refractivity contribution is 5.74. The quantitative estimate of drug-likeness (QED) is 0.740. The Morgan fingerprint density at radius 3 is 3.25 bits per heavy atom. The lowest BCUT2D eigenvalue weighted by atomic mass is 10.2. The largest absolute Gasteiger partial charge is 0.467 e. The van der Waals surface area contributed by atoms with Crippen molar-refractivity contribution in [2.24, 2.45) is 0 Å². The van der Waals surface area contributed by atoms with Gasteiger partial charge in [0.15, 0.2) is 0 Å². The molecule has 0 aromatic carbocycles. The van der Waals surface area contributed by atoms with E-state index in [0.717, 1.165) is 31.6 Å². The molecule has 0 unspecified atom stereocenters. The molecule has 1 aliphatic heterocycles. The van der Waals surface area contributed by atoms with Gasteiger partial charge >= 0.3 is 6.03 Å². The van der Waals surface area contributed by atoms with Crippen LogP contribution in [-0.4, -0.2) is 48.4 Å². The summed E-state index contributed by atoms with van der Waals surface area (Å²) in [6, 6.07) is 3.58. The van der Waals surface area contributed by atoms with Crippen LogP contribution in [0.5, 0.6) is 0 Å². The van der Waals surface area contributed by atoms with Crippen LogP contribution in [0.15, 0.2) is 22.8 Å². The predicted molar refractivity (Wildman–Crippen MR) is 73.2 cm³/mol. The van der Waals surface area contributed by atoms with Gasteiger partial charge < -0.3 is 24.5 Å². The summed E-state index contributed by atoms with van der Waals surface area (Å²) in [4.78, 5) is 13.6. The average molecular weight is 282 g/mol. The van der Waals surface area contributed by atoms with Crippen molar-refractivity contribution in [1.82, 2.24) is 10.2 Å². The Morgan fingerprint density at radius 2 is 2.50 bits per heavy atom. The zero-order valence-corrected chi connectivity index (χ0v) is 11.6. The summed E-state index contributed by atoms with van der Waals surface area (Å²) in [6.07, 6.45) is 4.22. The molecule has 1 aromatic heterocycles. The number of carbonyl (C=O) groups is 1. The van der Waals surface area contributed by atoms with Crippen molar-refractivity contribution in [2.45, 2.75) is 31.9 Å². The minimum atomic E-state index is -0.0902. The molecule has 0 bridgehead atoms. The third-order valence-corrected chi connectivity index (χ3v) is 3.41. The molecule has 112 valence electrons. The van der Waals surface area contributed by atoms with Crippen LogP contribution in [0.4, 0.5) is 4.79 Å². The summed E-state index contributed by atoms with van der Waals surface area (Å²) < 4.78 is 10.6. The van der Waals surface area contributed by atoms with Crippen molar-refractivity contribution in [3.05, 3.63) is 24.2 Å². The maximum atomic E-state index is 11.9. The summed E-state index contributed by atoms with van der Waals surface area (Å²) in [5, 5.41) is 12.0. The number of carbonyl (C=O) groups excluding carboxylic acids is 1. The van der Waals surface area contributed by atoms with Gasteiger partial charge in [0, 0.05) is 19.7 Å². The molecule has 0 radical (unpaired) electrons. The first-order valence-electron chi connectivity index (χ1n) is 7.06. The van der Waals surface area contributed by atoms with E-state index >= 15 is 0 Å². The second-order valence-electron chi connectivity index (χ2n) is 4.89. The van der Waals surface area contributed by atoms with Crippen molar-refractivity contribution >= 4 is 6.03 Å². The van der Waals surface area contributed by atoms with Crippen molar-refractivity contribution < 1.29 is 19.1 Å². The molecule has 2 N–H and O–H groups in total. The molecule has 1 aliphatic rings. The molecule has 0 saturated carbocycles. The molecular weight excluding hydrogens is 260 g/mol.